The van der Waals surface area contributed by atoms with Gasteiger partial charge in [-0.3, -0.25) is 9.59 Å². The van der Waals surface area contributed by atoms with E-state index in [1.54, 1.807) is 0 Å². The standard InChI is InChI=1S/C20H30O6/c21-19(23-11-13-5-6-17-18(9-13)26-17)3-1-2-4-20(22)24-12-14-7-15-10-16(8-14)25-15/h13-18H,1-12H2. The second kappa shape index (κ2) is 8.26. The first-order valence-electron chi connectivity index (χ1n) is 10.3. The normalized spacial score (nSPS) is 37.2. The topological polar surface area (TPSA) is 74.4 Å². The lowest BCUT2D eigenvalue weighted by atomic mass is 9.81. The maximum atomic E-state index is 11.8. The van der Waals surface area contributed by atoms with Gasteiger partial charge in [0, 0.05) is 12.8 Å². The molecule has 2 aliphatic carbocycles. The van der Waals surface area contributed by atoms with Crippen LogP contribution in [0.5, 0.6) is 0 Å². The van der Waals surface area contributed by atoms with Gasteiger partial charge in [-0.2, -0.15) is 0 Å². The molecule has 26 heavy (non-hydrogen) atoms. The predicted octanol–water partition coefficient (Wildman–Crippen LogP) is 2.77. The fraction of sp³-hybridized carbons (Fsp3) is 0.900. The molecule has 146 valence electrons. The fourth-order valence-corrected chi connectivity index (χ4v) is 4.58. The molecule has 0 aromatic rings. The van der Waals surface area contributed by atoms with Gasteiger partial charge in [0.05, 0.1) is 37.6 Å². The van der Waals surface area contributed by atoms with Crippen LogP contribution in [0.4, 0.5) is 0 Å². The monoisotopic (exact) mass is 366 g/mol. The van der Waals surface area contributed by atoms with Crippen molar-refractivity contribution in [2.45, 2.75) is 88.6 Å². The van der Waals surface area contributed by atoms with Crippen LogP contribution in [-0.4, -0.2) is 49.6 Å². The van der Waals surface area contributed by atoms with Gasteiger partial charge in [-0.25, -0.2) is 0 Å². The van der Waals surface area contributed by atoms with Gasteiger partial charge in [-0.1, -0.05) is 0 Å². The Kier molecular flexibility index (Phi) is 5.79. The van der Waals surface area contributed by atoms with Gasteiger partial charge in [-0.15, -0.1) is 0 Å². The van der Waals surface area contributed by atoms with Crippen LogP contribution in [-0.2, 0) is 28.5 Å². The minimum atomic E-state index is -0.154. The van der Waals surface area contributed by atoms with E-state index >= 15 is 0 Å². The summed E-state index contributed by atoms with van der Waals surface area (Å²) in [5, 5.41) is 0. The lowest BCUT2D eigenvalue weighted by Gasteiger charge is -2.45. The number of carbonyl (C=O) groups excluding carboxylic acids is 2. The smallest absolute Gasteiger partial charge is 0.305 e. The van der Waals surface area contributed by atoms with E-state index in [-0.39, 0.29) is 11.9 Å². The van der Waals surface area contributed by atoms with Crippen LogP contribution in [0.25, 0.3) is 0 Å². The van der Waals surface area contributed by atoms with E-state index in [0.717, 1.165) is 32.1 Å². The molecule has 5 atom stereocenters. The first kappa shape index (κ1) is 18.2. The molecular formula is C20H30O6. The minimum Gasteiger partial charge on any atom is -0.465 e. The van der Waals surface area contributed by atoms with Crippen LogP contribution >= 0.6 is 0 Å². The molecule has 0 N–H and O–H groups in total. The van der Waals surface area contributed by atoms with Crippen LogP contribution in [0, 0.1) is 11.8 Å². The van der Waals surface area contributed by atoms with Gasteiger partial charge < -0.3 is 18.9 Å². The van der Waals surface area contributed by atoms with Crippen LogP contribution < -0.4 is 0 Å². The molecule has 3 heterocycles. The van der Waals surface area contributed by atoms with E-state index in [2.05, 4.69) is 0 Å². The molecule has 0 amide bonds. The van der Waals surface area contributed by atoms with Crippen molar-refractivity contribution < 1.29 is 28.5 Å². The van der Waals surface area contributed by atoms with E-state index < -0.39 is 0 Å². The number of carbonyl (C=O) groups is 2. The maximum absolute atomic E-state index is 11.8. The highest BCUT2D eigenvalue weighted by Gasteiger charge is 2.44. The van der Waals surface area contributed by atoms with Crippen LogP contribution in [0.3, 0.4) is 0 Å². The summed E-state index contributed by atoms with van der Waals surface area (Å²) in [6, 6.07) is 0. The van der Waals surface area contributed by atoms with Crippen LogP contribution in [0.2, 0.25) is 0 Å². The largest absolute Gasteiger partial charge is 0.465 e. The van der Waals surface area contributed by atoms with Crippen molar-refractivity contribution in [3.05, 3.63) is 0 Å². The Hall–Kier alpha value is -1.14. The van der Waals surface area contributed by atoms with Gasteiger partial charge in [0.2, 0.25) is 0 Å². The highest BCUT2D eigenvalue weighted by Crippen LogP contribution is 2.39. The maximum Gasteiger partial charge on any atom is 0.305 e. The SMILES string of the molecule is O=C(CCCCC(=O)OCC1CCC2OC2C1)OCC1CC2CC(C1)O2. The van der Waals surface area contributed by atoms with E-state index in [1.165, 1.54) is 6.42 Å². The molecule has 6 nitrogen and oxygen atoms in total. The van der Waals surface area contributed by atoms with Crippen molar-refractivity contribution in [1.82, 2.24) is 0 Å². The number of unbranched alkanes of at least 4 members (excludes halogenated alkanes) is 1. The highest BCUT2D eigenvalue weighted by atomic mass is 16.6. The molecule has 5 rings (SSSR count). The Morgan fingerprint density at radius 2 is 1.35 bits per heavy atom. The van der Waals surface area contributed by atoms with Crippen LogP contribution in [0.15, 0.2) is 0 Å². The highest BCUT2D eigenvalue weighted by molar-refractivity contribution is 5.70. The van der Waals surface area contributed by atoms with Crippen molar-refractivity contribution in [3.63, 3.8) is 0 Å². The van der Waals surface area contributed by atoms with Gasteiger partial charge in [0.1, 0.15) is 0 Å². The Balaban J connectivity index is 0.993. The summed E-state index contributed by atoms with van der Waals surface area (Å²) in [7, 11) is 0. The Morgan fingerprint density at radius 1 is 0.731 bits per heavy atom. The molecule has 3 saturated heterocycles. The Bertz CT molecular complexity index is 479. The zero-order chi connectivity index (χ0) is 17.9. The second-order valence-corrected chi connectivity index (χ2v) is 8.42. The van der Waals surface area contributed by atoms with Crippen molar-refractivity contribution in [1.29, 1.82) is 0 Å². The van der Waals surface area contributed by atoms with Gasteiger partial charge in [0.25, 0.3) is 0 Å². The first-order valence-corrected chi connectivity index (χ1v) is 10.3. The number of epoxide rings is 1. The quantitative estimate of drug-likeness (QED) is 0.355. The predicted molar refractivity (Wildman–Crippen MR) is 92.4 cm³/mol. The number of fused-ring (bicyclic) bond motifs is 3. The van der Waals surface area contributed by atoms with E-state index in [4.69, 9.17) is 18.9 Å². The number of rotatable bonds is 9. The molecule has 6 heteroatoms. The van der Waals surface area contributed by atoms with Crippen molar-refractivity contribution in [2.75, 3.05) is 13.2 Å². The molecule has 0 aromatic heterocycles. The lowest BCUT2D eigenvalue weighted by Crippen LogP contribution is -2.46. The summed E-state index contributed by atoms with van der Waals surface area (Å²) in [4.78, 5) is 23.6. The summed E-state index contributed by atoms with van der Waals surface area (Å²) < 4.78 is 21.8. The molecule has 3 aliphatic heterocycles. The molecular weight excluding hydrogens is 336 g/mol. The van der Waals surface area contributed by atoms with Crippen molar-refractivity contribution in [3.8, 4) is 0 Å². The lowest BCUT2D eigenvalue weighted by molar-refractivity contribution is -0.182. The third kappa shape index (κ3) is 4.97. The summed E-state index contributed by atoms with van der Waals surface area (Å²) in [5.41, 5.74) is 0. The zero-order valence-corrected chi connectivity index (χ0v) is 15.4. The van der Waals surface area contributed by atoms with E-state index in [1.807, 2.05) is 0 Å². The third-order valence-corrected chi connectivity index (χ3v) is 6.19. The molecule has 5 fully saturated rings. The zero-order valence-electron chi connectivity index (χ0n) is 15.4. The average molecular weight is 366 g/mol. The molecule has 5 unspecified atom stereocenters. The molecule has 2 bridgehead atoms. The number of hydrogen-bond donors (Lipinski definition) is 0. The molecule has 2 saturated carbocycles. The Morgan fingerprint density at radius 3 is 1.96 bits per heavy atom. The number of hydrogen-bond acceptors (Lipinski definition) is 6. The molecule has 0 spiro atoms. The van der Waals surface area contributed by atoms with Crippen molar-refractivity contribution >= 4 is 11.9 Å². The van der Waals surface area contributed by atoms with Crippen LogP contribution in [0.1, 0.15) is 64.2 Å². The fourth-order valence-electron chi connectivity index (χ4n) is 4.58. The molecule has 0 radical (unpaired) electrons. The number of esters is 2. The number of ether oxygens (including phenoxy) is 4. The molecule has 0 aromatic carbocycles. The Labute approximate surface area is 154 Å². The van der Waals surface area contributed by atoms with E-state index in [0.29, 0.717) is 75.1 Å². The average Bonchev–Trinajstić information content (AvgIpc) is 3.40. The summed E-state index contributed by atoms with van der Waals surface area (Å²) in [6.45, 7) is 1.03. The summed E-state index contributed by atoms with van der Waals surface area (Å²) in [5.74, 6) is 0.606. The molecule has 5 aliphatic rings. The van der Waals surface area contributed by atoms with Gasteiger partial charge >= 0.3 is 11.9 Å². The second-order valence-electron chi connectivity index (χ2n) is 8.42. The summed E-state index contributed by atoms with van der Waals surface area (Å²) >= 11 is 0. The first-order chi connectivity index (χ1) is 12.7. The van der Waals surface area contributed by atoms with E-state index in [9.17, 15) is 9.59 Å². The van der Waals surface area contributed by atoms with Crippen molar-refractivity contribution in [2.24, 2.45) is 11.8 Å². The van der Waals surface area contributed by atoms with Gasteiger partial charge in [0.15, 0.2) is 0 Å². The minimum absolute atomic E-state index is 0.153. The third-order valence-electron chi connectivity index (χ3n) is 6.19. The van der Waals surface area contributed by atoms with Gasteiger partial charge in [-0.05, 0) is 63.2 Å². The summed E-state index contributed by atoms with van der Waals surface area (Å²) in [6.07, 6.45) is 10.2.